The van der Waals surface area contributed by atoms with Gasteiger partial charge in [-0.25, -0.2) is 0 Å². The molecule has 0 radical (unpaired) electrons. The van der Waals surface area contributed by atoms with Gasteiger partial charge < -0.3 is 15.8 Å². The highest BCUT2D eigenvalue weighted by Gasteiger charge is 2.09. The van der Waals surface area contributed by atoms with Gasteiger partial charge in [-0.15, -0.1) is 0 Å². The number of ether oxygens (including phenoxy) is 1. The summed E-state index contributed by atoms with van der Waals surface area (Å²) < 4.78 is 29.9. The smallest absolute Gasteiger partial charge is 0.387 e. The zero-order valence-electron chi connectivity index (χ0n) is 12.7. The van der Waals surface area contributed by atoms with Crippen molar-refractivity contribution in [2.75, 3.05) is 5.32 Å². The van der Waals surface area contributed by atoms with E-state index in [0.717, 1.165) is 0 Å². The Balaban J connectivity index is 2.09. The third kappa shape index (κ3) is 5.68. The molecule has 0 aliphatic carbocycles. The number of hydrogen-bond donors (Lipinski definition) is 2. The highest BCUT2D eigenvalue weighted by molar-refractivity contribution is 9.10. The maximum absolute atomic E-state index is 12.4. The number of benzene rings is 2. The standard InChI is InChI=1S/C17H13BrF2N2O3/c18-12-4-7-14(25-17(19)20)11(9-12)3-8-15(23)22-13-5-1-10(2-6-13)16(21)24/h1-9,17H,(H2,21,24)(H,22,23)/b8-3+. The van der Waals surface area contributed by atoms with Gasteiger partial charge in [0.15, 0.2) is 0 Å². The van der Waals surface area contributed by atoms with Gasteiger partial charge in [-0.3, -0.25) is 9.59 Å². The number of anilines is 1. The number of carbonyl (C=O) groups is 2. The maximum atomic E-state index is 12.4. The number of hydrogen-bond acceptors (Lipinski definition) is 3. The summed E-state index contributed by atoms with van der Waals surface area (Å²) in [6, 6.07) is 10.5. The van der Waals surface area contributed by atoms with Crippen LogP contribution in [0.2, 0.25) is 0 Å². The van der Waals surface area contributed by atoms with E-state index in [4.69, 9.17) is 5.73 Å². The highest BCUT2D eigenvalue weighted by atomic mass is 79.9. The lowest BCUT2D eigenvalue weighted by atomic mass is 10.2. The Morgan fingerprint density at radius 3 is 2.44 bits per heavy atom. The van der Waals surface area contributed by atoms with Gasteiger partial charge in [0, 0.05) is 27.4 Å². The Bertz CT molecular complexity index is 808. The molecule has 8 heteroatoms. The number of primary amides is 1. The Morgan fingerprint density at radius 2 is 1.84 bits per heavy atom. The Kier molecular flexibility index (Phi) is 6.24. The number of nitrogens with two attached hydrogens (primary N) is 1. The van der Waals surface area contributed by atoms with E-state index < -0.39 is 18.4 Å². The monoisotopic (exact) mass is 410 g/mol. The molecule has 0 aromatic heterocycles. The van der Waals surface area contributed by atoms with Crippen LogP contribution in [0.15, 0.2) is 53.0 Å². The zero-order valence-corrected chi connectivity index (χ0v) is 14.3. The van der Waals surface area contributed by atoms with E-state index in [1.807, 2.05) is 0 Å². The molecule has 0 atom stereocenters. The molecule has 130 valence electrons. The second-order valence-electron chi connectivity index (χ2n) is 4.82. The van der Waals surface area contributed by atoms with Crippen molar-refractivity contribution >= 4 is 39.5 Å². The topological polar surface area (TPSA) is 81.4 Å². The second-order valence-corrected chi connectivity index (χ2v) is 5.74. The molecule has 2 amide bonds. The van der Waals surface area contributed by atoms with Crippen molar-refractivity contribution in [2.24, 2.45) is 5.73 Å². The van der Waals surface area contributed by atoms with Crippen LogP contribution in [0.5, 0.6) is 5.75 Å². The number of nitrogens with one attached hydrogen (secondary N) is 1. The lowest BCUT2D eigenvalue weighted by Crippen LogP contribution is -2.11. The average Bonchev–Trinajstić information content (AvgIpc) is 2.55. The van der Waals surface area contributed by atoms with Gasteiger partial charge in [0.25, 0.3) is 0 Å². The number of halogens is 3. The fraction of sp³-hybridized carbons (Fsp3) is 0.0588. The van der Waals surface area contributed by atoms with Crippen molar-refractivity contribution in [3.63, 3.8) is 0 Å². The van der Waals surface area contributed by atoms with Gasteiger partial charge in [0.2, 0.25) is 11.8 Å². The van der Waals surface area contributed by atoms with Crippen LogP contribution < -0.4 is 15.8 Å². The molecule has 2 aromatic carbocycles. The third-order valence-electron chi connectivity index (χ3n) is 3.04. The van der Waals surface area contributed by atoms with E-state index in [2.05, 4.69) is 26.0 Å². The molecular weight excluding hydrogens is 398 g/mol. The zero-order chi connectivity index (χ0) is 18.4. The van der Waals surface area contributed by atoms with Crippen LogP contribution in [0.25, 0.3) is 6.08 Å². The summed E-state index contributed by atoms with van der Waals surface area (Å²) in [5.41, 5.74) is 6.22. The van der Waals surface area contributed by atoms with Crippen molar-refractivity contribution in [3.8, 4) is 5.75 Å². The van der Waals surface area contributed by atoms with Crippen LogP contribution in [0, 0.1) is 0 Å². The molecule has 0 bridgehead atoms. The molecule has 2 aromatic rings. The van der Waals surface area contributed by atoms with Crippen molar-refractivity contribution in [3.05, 3.63) is 64.1 Å². The lowest BCUT2D eigenvalue weighted by Gasteiger charge is -2.08. The quantitative estimate of drug-likeness (QED) is 0.710. The first-order valence-electron chi connectivity index (χ1n) is 6.98. The fourth-order valence-corrected chi connectivity index (χ4v) is 2.30. The van der Waals surface area contributed by atoms with Gasteiger partial charge in [-0.05, 0) is 48.5 Å². The molecule has 0 unspecified atom stereocenters. The lowest BCUT2D eigenvalue weighted by molar-refractivity contribution is -0.111. The molecule has 0 saturated heterocycles. The molecule has 0 aliphatic heterocycles. The molecule has 25 heavy (non-hydrogen) atoms. The first-order chi connectivity index (χ1) is 11.8. The molecule has 0 spiro atoms. The number of carbonyl (C=O) groups excluding carboxylic acids is 2. The summed E-state index contributed by atoms with van der Waals surface area (Å²) in [6.45, 7) is -2.97. The van der Waals surface area contributed by atoms with Crippen LogP contribution in [-0.2, 0) is 4.79 Å². The number of rotatable bonds is 6. The van der Waals surface area contributed by atoms with Gasteiger partial charge >= 0.3 is 6.61 Å². The predicted molar refractivity (Wildman–Crippen MR) is 93.4 cm³/mol. The first kappa shape index (κ1) is 18.6. The summed E-state index contributed by atoms with van der Waals surface area (Å²) in [7, 11) is 0. The minimum absolute atomic E-state index is 0.0481. The van der Waals surface area contributed by atoms with Crippen LogP contribution in [0.3, 0.4) is 0 Å². The summed E-state index contributed by atoms with van der Waals surface area (Å²) in [6.07, 6.45) is 2.54. The van der Waals surface area contributed by atoms with E-state index in [1.165, 1.54) is 42.5 Å². The highest BCUT2D eigenvalue weighted by Crippen LogP contribution is 2.26. The molecular formula is C17H13BrF2N2O3. The third-order valence-corrected chi connectivity index (χ3v) is 3.53. The van der Waals surface area contributed by atoms with Crippen LogP contribution in [0.4, 0.5) is 14.5 Å². The van der Waals surface area contributed by atoms with Crippen LogP contribution in [0.1, 0.15) is 15.9 Å². The van der Waals surface area contributed by atoms with Crippen molar-refractivity contribution in [1.29, 1.82) is 0 Å². The van der Waals surface area contributed by atoms with Crippen molar-refractivity contribution in [1.82, 2.24) is 0 Å². The summed E-state index contributed by atoms with van der Waals surface area (Å²) in [5, 5.41) is 2.57. The predicted octanol–water partition coefficient (Wildman–Crippen LogP) is 3.80. The van der Waals surface area contributed by atoms with E-state index in [9.17, 15) is 18.4 Å². The molecule has 3 N–H and O–H groups in total. The Morgan fingerprint density at radius 1 is 1.16 bits per heavy atom. The molecule has 0 fully saturated rings. The molecule has 0 saturated carbocycles. The van der Waals surface area contributed by atoms with Crippen molar-refractivity contribution < 1.29 is 23.1 Å². The molecule has 2 rings (SSSR count). The molecule has 0 heterocycles. The molecule has 0 aliphatic rings. The van der Waals surface area contributed by atoms with E-state index >= 15 is 0 Å². The minimum Gasteiger partial charge on any atom is -0.434 e. The Labute approximate surface area is 150 Å². The first-order valence-corrected chi connectivity index (χ1v) is 7.78. The van der Waals surface area contributed by atoms with E-state index in [0.29, 0.717) is 21.3 Å². The molecule has 5 nitrogen and oxygen atoms in total. The summed E-state index contributed by atoms with van der Waals surface area (Å²) >= 11 is 3.23. The average molecular weight is 411 g/mol. The van der Waals surface area contributed by atoms with Gasteiger partial charge in [-0.1, -0.05) is 15.9 Å². The van der Waals surface area contributed by atoms with Gasteiger partial charge in [0.05, 0.1) is 0 Å². The van der Waals surface area contributed by atoms with Crippen LogP contribution >= 0.6 is 15.9 Å². The van der Waals surface area contributed by atoms with Gasteiger partial charge in [0.1, 0.15) is 5.75 Å². The second kappa shape index (κ2) is 8.39. The van der Waals surface area contributed by atoms with Gasteiger partial charge in [-0.2, -0.15) is 8.78 Å². The largest absolute Gasteiger partial charge is 0.434 e. The Hall–Kier alpha value is -2.74. The van der Waals surface area contributed by atoms with E-state index in [-0.39, 0.29) is 5.75 Å². The SMILES string of the molecule is NC(=O)c1ccc(NC(=O)/C=C/c2cc(Br)ccc2OC(F)F)cc1. The minimum atomic E-state index is -2.97. The number of amides is 2. The number of alkyl halides is 2. The summed E-state index contributed by atoms with van der Waals surface area (Å²) in [5.74, 6) is -1.10. The summed E-state index contributed by atoms with van der Waals surface area (Å²) in [4.78, 5) is 22.9. The normalized spacial score (nSPS) is 10.9. The van der Waals surface area contributed by atoms with E-state index in [1.54, 1.807) is 12.1 Å². The maximum Gasteiger partial charge on any atom is 0.387 e. The fourth-order valence-electron chi connectivity index (χ4n) is 1.92. The van der Waals surface area contributed by atoms with Crippen molar-refractivity contribution in [2.45, 2.75) is 6.61 Å². The van der Waals surface area contributed by atoms with Crippen LogP contribution in [-0.4, -0.2) is 18.4 Å².